The third-order valence-corrected chi connectivity index (χ3v) is 9.28. The van der Waals surface area contributed by atoms with Gasteiger partial charge in [-0.25, -0.2) is 0 Å². The lowest BCUT2D eigenvalue weighted by atomic mass is 9.82. The Morgan fingerprint density at radius 3 is 1.92 bits per heavy atom. The van der Waals surface area contributed by atoms with E-state index in [9.17, 15) is 35.9 Å². The molecule has 6 rings (SSSR count). The molecule has 2 amide bonds. The molecule has 3 aromatic carbocycles. The number of benzene rings is 3. The normalized spacial score (nSPS) is 15.4. The molecule has 0 radical (unpaired) electrons. The molecule has 1 aliphatic carbocycles. The minimum absolute atomic E-state index is 0.0305. The van der Waals surface area contributed by atoms with Crippen molar-refractivity contribution < 1.29 is 40.5 Å². The van der Waals surface area contributed by atoms with Gasteiger partial charge in [-0.2, -0.15) is 31.3 Å². The van der Waals surface area contributed by atoms with Crippen LogP contribution in [0.2, 0.25) is 0 Å². The second-order valence-corrected chi connectivity index (χ2v) is 13.8. The summed E-state index contributed by atoms with van der Waals surface area (Å²) in [6.07, 6.45) is -2.04. The van der Waals surface area contributed by atoms with Crippen molar-refractivity contribution in [2.24, 2.45) is 11.3 Å². The van der Waals surface area contributed by atoms with Crippen LogP contribution in [0.15, 0.2) is 89.7 Å². The summed E-state index contributed by atoms with van der Waals surface area (Å²) in [4.78, 5) is 28.6. The van der Waals surface area contributed by atoms with Crippen molar-refractivity contribution >= 4 is 11.8 Å². The highest BCUT2D eigenvalue weighted by Gasteiger charge is 2.37. The number of halogens is 6. The number of nitrogens with one attached hydrogen (secondary N) is 2. The second-order valence-electron chi connectivity index (χ2n) is 13.8. The van der Waals surface area contributed by atoms with Gasteiger partial charge in [-0.15, -0.1) is 0 Å². The molecule has 2 heterocycles. The van der Waals surface area contributed by atoms with E-state index in [-0.39, 0.29) is 29.0 Å². The lowest BCUT2D eigenvalue weighted by Crippen LogP contribution is -2.33. The van der Waals surface area contributed by atoms with E-state index in [0.717, 1.165) is 17.8 Å². The zero-order valence-corrected chi connectivity index (χ0v) is 29.5. The molecule has 2 N–H and O–H groups in total. The van der Waals surface area contributed by atoms with E-state index in [1.54, 1.807) is 6.92 Å². The molecule has 0 saturated heterocycles. The molecule has 8 nitrogen and oxygen atoms in total. The Morgan fingerprint density at radius 1 is 0.849 bits per heavy atom. The number of hydrogen-bond acceptors (Lipinski definition) is 5. The van der Waals surface area contributed by atoms with E-state index in [1.165, 1.54) is 49.1 Å². The fourth-order valence-corrected chi connectivity index (χ4v) is 6.13. The van der Waals surface area contributed by atoms with Crippen molar-refractivity contribution in [2.75, 3.05) is 6.54 Å². The maximum Gasteiger partial charge on any atom is 0.416 e. The van der Waals surface area contributed by atoms with Gasteiger partial charge >= 0.3 is 12.4 Å². The van der Waals surface area contributed by atoms with Crippen LogP contribution in [0.4, 0.5) is 26.3 Å². The monoisotopic (exact) mass is 739 g/mol. The molecule has 1 fully saturated rings. The maximum absolute atomic E-state index is 12.9. The average Bonchev–Trinajstić information content (AvgIpc) is 3.84. The van der Waals surface area contributed by atoms with Gasteiger partial charge in [0, 0.05) is 47.9 Å². The molecule has 0 bridgehead atoms. The van der Waals surface area contributed by atoms with Gasteiger partial charge in [0.1, 0.15) is 0 Å². The molecular weight excluding hydrogens is 700 g/mol. The smallest absolute Gasteiger partial charge is 0.352 e. The van der Waals surface area contributed by atoms with Gasteiger partial charge in [0.25, 0.3) is 17.7 Å². The number of amides is 2. The van der Waals surface area contributed by atoms with E-state index >= 15 is 0 Å². The lowest BCUT2D eigenvalue weighted by Gasteiger charge is -2.27. The molecule has 1 atom stereocenters. The molecule has 1 saturated carbocycles. The van der Waals surface area contributed by atoms with Crippen LogP contribution in [0.25, 0.3) is 17.1 Å². The SMILES string of the molecule is Cc1ccn(-c2ccc(C(=O)NCC3CCCC3(C)C)cc2)c1.Cc1noc(-c2ccc(C(=O)NCc3cc(C(F)(F)F)cc(C(F)(F)F)c3)cc2)n1. The van der Waals surface area contributed by atoms with E-state index in [2.05, 4.69) is 58.4 Å². The Kier molecular flexibility index (Phi) is 11.5. The van der Waals surface area contributed by atoms with Crippen LogP contribution in [-0.2, 0) is 18.9 Å². The molecule has 0 aliphatic heterocycles. The molecule has 2 aromatic heterocycles. The number of rotatable bonds is 8. The van der Waals surface area contributed by atoms with Gasteiger partial charge in [0.2, 0.25) is 0 Å². The third-order valence-electron chi connectivity index (χ3n) is 9.28. The largest absolute Gasteiger partial charge is 0.416 e. The Bertz CT molecular complexity index is 2000. The first-order valence-corrected chi connectivity index (χ1v) is 16.9. The van der Waals surface area contributed by atoms with Gasteiger partial charge in [0.05, 0.1) is 11.1 Å². The van der Waals surface area contributed by atoms with E-state index in [0.29, 0.717) is 34.9 Å². The van der Waals surface area contributed by atoms with Crippen molar-refractivity contribution in [1.29, 1.82) is 0 Å². The van der Waals surface area contributed by atoms with Gasteiger partial charge in [-0.3, -0.25) is 9.59 Å². The lowest BCUT2D eigenvalue weighted by molar-refractivity contribution is -0.143. The minimum atomic E-state index is -4.96. The predicted octanol–water partition coefficient (Wildman–Crippen LogP) is 9.35. The summed E-state index contributed by atoms with van der Waals surface area (Å²) in [7, 11) is 0. The Morgan fingerprint density at radius 2 is 1.43 bits per heavy atom. The number of carbonyl (C=O) groups excluding carboxylic acids is 2. The first-order valence-electron chi connectivity index (χ1n) is 16.9. The number of nitrogens with zero attached hydrogens (tertiary/aromatic N) is 3. The van der Waals surface area contributed by atoms with E-state index < -0.39 is 35.9 Å². The summed E-state index contributed by atoms with van der Waals surface area (Å²) in [5, 5.41) is 9.06. The summed E-state index contributed by atoms with van der Waals surface area (Å²) >= 11 is 0. The van der Waals surface area contributed by atoms with Crippen LogP contribution in [0.5, 0.6) is 0 Å². The summed E-state index contributed by atoms with van der Waals surface area (Å²) in [5.41, 5.74) is 0.859. The average molecular weight is 740 g/mol. The summed E-state index contributed by atoms with van der Waals surface area (Å²) < 4.78 is 84.5. The Labute approximate surface area is 302 Å². The zero-order valence-electron chi connectivity index (χ0n) is 29.5. The van der Waals surface area contributed by atoms with Crippen LogP contribution in [0.1, 0.15) is 81.9 Å². The first kappa shape index (κ1) is 38.8. The fraction of sp³-hybridized carbons (Fsp3) is 0.333. The summed E-state index contributed by atoms with van der Waals surface area (Å²) in [6.45, 7) is 8.59. The molecular formula is C39H39F6N5O3. The summed E-state index contributed by atoms with van der Waals surface area (Å²) in [5.74, 6) is 0.611. The summed E-state index contributed by atoms with van der Waals surface area (Å²) in [6, 6.07) is 16.9. The van der Waals surface area contributed by atoms with Crippen molar-refractivity contribution in [3.63, 3.8) is 0 Å². The molecule has 280 valence electrons. The van der Waals surface area contributed by atoms with Crippen molar-refractivity contribution in [1.82, 2.24) is 25.3 Å². The van der Waals surface area contributed by atoms with Crippen LogP contribution < -0.4 is 10.6 Å². The highest BCUT2D eigenvalue weighted by molar-refractivity contribution is 5.95. The Hall–Kier alpha value is -5.40. The minimum Gasteiger partial charge on any atom is -0.352 e. The van der Waals surface area contributed by atoms with E-state index in [4.69, 9.17) is 4.52 Å². The Balaban J connectivity index is 0.000000211. The van der Waals surface area contributed by atoms with E-state index in [1.807, 2.05) is 30.5 Å². The van der Waals surface area contributed by atoms with Crippen molar-refractivity contribution in [2.45, 2.75) is 65.9 Å². The highest BCUT2D eigenvalue weighted by atomic mass is 19.4. The zero-order chi connectivity index (χ0) is 38.6. The molecule has 1 aliphatic rings. The highest BCUT2D eigenvalue weighted by Crippen LogP contribution is 2.42. The van der Waals surface area contributed by atoms with Gasteiger partial charge < -0.3 is 19.7 Å². The van der Waals surface area contributed by atoms with Gasteiger partial charge in [-0.1, -0.05) is 25.4 Å². The molecule has 14 heteroatoms. The van der Waals surface area contributed by atoms with Crippen molar-refractivity contribution in [3.05, 3.63) is 124 Å². The topological polar surface area (TPSA) is 102 Å². The third kappa shape index (κ3) is 10.1. The van der Waals surface area contributed by atoms with Gasteiger partial charge in [0.15, 0.2) is 5.82 Å². The first-order chi connectivity index (χ1) is 24.9. The van der Waals surface area contributed by atoms with Crippen LogP contribution in [-0.4, -0.2) is 33.1 Å². The van der Waals surface area contributed by atoms with Crippen LogP contribution in [0, 0.1) is 25.2 Å². The number of aromatic nitrogens is 3. The fourth-order valence-electron chi connectivity index (χ4n) is 6.13. The van der Waals surface area contributed by atoms with Gasteiger partial charge in [-0.05, 0) is 122 Å². The second kappa shape index (κ2) is 15.7. The molecule has 1 unspecified atom stereocenters. The molecule has 53 heavy (non-hydrogen) atoms. The number of aryl methyl sites for hydroxylation is 2. The van der Waals surface area contributed by atoms with Crippen LogP contribution in [0.3, 0.4) is 0 Å². The number of alkyl halides is 6. The van der Waals surface area contributed by atoms with Crippen LogP contribution >= 0.6 is 0 Å². The standard InChI is InChI=1S/C20H26N2O.C19H13F6N3O2/c1-15-10-12-22(14-15)18-8-6-16(7-9-18)19(23)21-13-17-5-4-11-20(17,2)3;1-10-27-17(30-28-10)13-4-2-12(3-5-13)16(29)26-9-11-6-14(18(20,21)22)8-15(7-11)19(23,24)25/h6-10,12,14,17H,4-5,11,13H2,1-3H3,(H,21,23);2-8H,9H2,1H3,(H,26,29). The van der Waals surface area contributed by atoms with Crippen molar-refractivity contribution in [3.8, 4) is 17.1 Å². The molecule has 5 aromatic rings. The number of carbonyl (C=O) groups is 2. The molecule has 0 spiro atoms. The number of hydrogen-bond donors (Lipinski definition) is 2. The predicted molar refractivity (Wildman–Crippen MR) is 186 cm³/mol. The maximum atomic E-state index is 12.9. The quantitative estimate of drug-likeness (QED) is 0.155.